The highest BCUT2D eigenvalue weighted by Crippen LogP contribution is 2.14. The maximum atomic E-state index is 8.80. The van der Waals surface area contributed by atoms with Crippen molar-refractivity contribution in [2.75, 3.05) is 0 Å². The first-order valence-corrected chi connectivity index (χ1v) is 7.43. The van der Waals surface area contributed by atoms with Crippen molar-refractivity contribution < 1.29 is 0 Å². The first-order chi connectivity index (χ1) is 10.3. The predicted molar refractivity (Wildman–Crippen MR) is 79.5 cm³/mol. The van der Waals surface area contributed by atoms with Gasteiger partial charge in [0.15, 0.2) is 5.82 Å². The number of hydrogen-bond acceptors (Lipinski definition) is 4. The Morgan fingerprint density at radius 2 is 2.19 bits per heavy atom. The number of aryl methyl sites for hydroxylation is 2. The fourth-order valence-corrected chi connectivity index (χ4v) is 2.64. The molecule has 1 aliphatic heterocycles. The summed E-state index contributed by atoms with van der Waals surface area (Å²) in [6, 6.07) is 10.3. The lowest BCUT2D eigenvalue weighted by atomic mass is 10.1. The van der Waals surface area contributed by atoms with E-state index in [4.69, 9.17) is 5.26 Å². The van der Waals surface area contributed by atoms with E-state index in [0.717, 1.165) is 44.0 Å². The summed E-state index contributed by atoms with van der Waals surface area (Å²) in [5, 5.41) is 16.9. The highest BCUT2D eigenvalue weighted by Gasteiger charge is 2.20. The Kier molecular flexibility index (Phi) is 3.98. The Morgan fingerprint density at radius 3 is 2.90 bits per heavy atom. The molecule has 0 bridgehead atoms. The van der Waals surface area contributed by atoms with E-state index in [1.54, 1.807) is 0 Å². The lowest BCUT2D eigenvalue weighted by molar-refractivity contribution is 0.357. The highest BCUT2D eigenvalue weighted by atomic mass is 15.4. The minimum Gasteiger partial charge on any atom is -0.308 e. The van der Waals surface area contributed by atoms with Gasteiger partial charge in [-0.2, -0.15) is 10.4 Å². The maximum absolute atomic E-state index is 8.80. The number of nitrogens with one attached hydrogen (secondary N) is 1. The van der Waals surface area contributed by atoms with Crippen molar-refractivity contribution in [3.05, 3.63) is 47.0 Å². The van der Waals surface area contributed by atoms with Crippen molar-refractivity contribution in [1.82, 2.24) is 20.1 Å². The first-order valence-electron chi connectivity index (χ1n) is 7.43. The van der Waals surface area contributed by atoms with Gasteiger partial charge in [-0.3, -0.25) is 0 Å². The SMILES string of the molecule is CCc1nc2n(n1)CC(NCc1ccc(C#N)cc1)CC2. The molecule has 0 saturated carbocycles. The summed E-state index contributed by atoms with van der Waals surface area (Å²) in [6.07, 6.45) is 2.97. The molecule has 0 radical (unpaired) electrons. The fourth-order valence-electron chi connectivity index (χ4n) is 2.64. The van der Waals surface area contributed by atoms with Gasteiger partial charge in [0.25, 0.3) is 0 Å². The van der Waals surface area contributed by atoms with E-state index in [-0.39, 0.29) is 0 Å². The number of hydrogen-bond donors (Lipinski definition) is 1. The Labute approximate surface area is 124 Å². The van der Waals surface area contributed by atoms with E-state index in [1.807, 2.05) is 28.9 Å². The number of nitrogens with zero attached hydrogens (tertiary/aromatic N) is 4. The van der Waals surface area contributed by atoms with E-state index >= 15 is 0 Å². The van der Waals surface area contributed by atoms with Crippen LogP contribution >= 0.6 is 0 Å². The van der Waals surface area contributed by atoms with Crippen LogP contribution in [0.3, 0.4) is 0 Å². The molecule has 0 aliphatic carbocycles. The van der Waals surface area contributed by atoms with Crippen molar-refractivity contribution in [2.24, 2.45) is 0 Å². The lowest BCUT2D eigenvalue weighted by Gasteiger charge is -2.23. The molecule has 1 aliphatic rings. The third kappa shape index (κ3) is 3.11. The van der Waals surface area contributed by atoms with Gasteiger partial charge in [-0.25, -0.2) is 9.67 Å². The van der Waals surface area contributed by atoms with Gasteiger partial charge in [0.05, 0.1) is 18.2 Å². The summed E-state index contributed by atoms with van der Waals surface area (Å²) < 4.78 is 2.04. The Hall–Kier alpha value is -2.19. The molecule has 1 N–H and O–H groups in total. The molecular weight excluding hydrogens is 262 g/mol. The van der Waals surface area contributed by atoms with Crippen LogP contribution in [0.2, 0.25) is 0 Å². The van der Waals surface area contributed by atoms with Crippen molar-refractivity contribution in [3.8, 4) is 6.07 Å². The van der Waals surface area contributed by atoms with Crippen molar-refractivity contribution in [3.63, 3.8) is 0 Å². The smallest absolute Gasteiger partial charge is 0.150 e. The molecule has 2 heterocycles. The van der Waals surface area contributed by atoms with Crippen molar-refractivity contribution in [2.45, 2.75) is 45.3 Å². The normalized spacial score (nSPS) is 17.2. The number of nitriles is 1. The van der Waals surface area contributed by atoms with Gasteiger partial charge in [0, 0.05) is 25.4 Å². The predicted octanol–water partition coefficient (Wildman–Crippen LogP) is 1.82. The summed E-state index contributed by atoms with van der Waals surface area (Å²) in [6.45, 7) is 3.79. The monoisotopic (exact) mass is 281 g/mol. The van der Waals surface area contributed by atoms with Gasteiger partial charge >= 0.3 is 0 Å². The second-order valence-corrected chi connectivity index (χ2v) is 5.41. The molecule has 21 heavy (non-hydrogen) atoms. The van der Waals surface area contributed by atoms with Gasteiger partial charge in [0.1, 0.15) is 5.82 Å². The average molecular weight is 281 g/mol. The topological polar surface area (TPSA) is 66.5 Å². The molecule has 1 atom stereocenters. The van der Waals surface area contributed by atoms with Crippen LogP contribution in [0, 0.1) is 11.3 Å². The molecule has 3 rings (SSSR count). The Balaban J connectivity index is 1.58. The van der Waals surface area contributed by atoms with Crippen LogP contribution in [0.25, 0.3) is 0 Å². The Bertz CT molecular complexity index is 650. The van der Waals surface area contributed by atoms with E-state index in [1.165, 1.54) is 5.56 Å². The summed E-state index contributed by atoms with van der Waals surface area (Å²) >= 11 is 0. The van der Waals surface area contributed by atoms with E-state index in [2.05, 4.69) is 28.4 Å². The molecule has 2 aromatic rings. The highest BCUT2D eigenvalue weighted by molar-refractivity contribution is 5.31. The van der Waals surface area contributed by atoms with Crippen LogP contribution in [-0.2, 0) is 25.9 Å². The minimum absolute atomic E-state index is 0.430. The first kappa shape index (κ1) is 13.8. The Morgan fingerprint density at radius 1 is 1.38 bits per heavy atom. The zero-order valence-corrected chi connectivity index (χ0v) is 12.2. The van der Waals surface area contributed by atoms with Crippen LogP contribution in [0.4, 0.5) is 0 Å². The third-order valence-corrected chi connectivity index (χ3v) is 3.90. The number of aromatic nitrogens is 3. The molecule has 0 amide bonds. The maximum Gasteiger partial charge on any atom is 0.150 e. The largest absolute Gasteiger partial charge is 0.308 e. The lowest BCUT2D eigenvalue weighted by Crippen LogP contribution is -2.37. The van der Waals surface area contributed by atoms with E-state index in [0.29, 0.717) is 11.6 Å². The number of fused-ring (bicyclic) bond motifs is 1. The summed E-state index contributed by atoms with van der Waals surface area (Å²) in [5.74, 6) is 2.06. The molecule has 108 valence electrons. The van der Waals surface area contributed by atoms with Crippen LogP contribution < -0.4 is 5.32 Å². The molecule has 1 unspecified atom stereocenters. The van der Waals surface area contributed by atoms with Crippen LogP contribution in [0.5, 0.6) is 0 Å². The summed E-state index contributed by atoms with van der Waals surface area (Å²) in [5.41, 5.74) is 1.91. The summed E-state index contributed by atoms with van der Waals surface area (Å²) in [7, 11) is 0. The second kappa shape index (κ2) is 6.06. The van der Waals surface area contributed by atoms with Crippen LogP contribution in [0.1, 0.15) is 36.1 Å². The quantitative estimate of drug-likeness (QED) is 0.928. The molecule has 1 aromatic heterocycles. The van der Waals surface area contributed by atoms with E-state index in [9.17, 15) is 0 Å². The molecule has 1 aromatic carbocycles. The van der Waals surface area contributed by atoms with Crippen LogP contribution in [0.15, 0.2) is 24.3 Å². The molecule has 5 nitrogen and oxygen atoms in total. The molecule has 5 heteroatoms. The zero-order valence-electron chi connectivity index (χ0n) is 12.2. The number of rotatable bonds is 4. The van der Waals surface area contributed by atoms with Gasteiger partial charge in [-0.1, -0.05) is 19.1 Å². The van der Waals surface area contributed by atoms with Gasteiger partial charge in [-0.05, 0) is 24.1 Å². The van der Waals surface area contributed by atoms with Gasteiger partial charge < -0.3 is 5.32 Å². The number of benzene rings is 1. The van der Waals surface area contributed by atoms with Crippen molar-refractivity contribution >= 4 is 0 Å². The standard InChI is InChI=1S/C16H19N5/c1-2-15-19-16-8-7-14(11-21(16)20-15)18-10-13-5-3-12(9-17)4-6-13/h3-6,14,18H,2,7-8,10-11H2,1H3. The molecule has 0 fully saturated rings. The zero-order chi connectivity index (χ0) is 14.7. The minimum atomic E-state index is 0.430. The molecule has 0 saturated heterocycles. The fraction of sp³-hybridized carbons (Fsp3) is 0.438. The molecular formula is C16H19N5. The average Bonchev–Trinajstić information content (AvgIpc) is 2.95. The van der Waals surface area contributed by atoms with Gasteiger partial charge in [-0.15, -0.1) is 0 Å². The van der Waals surface area contributed by atoms with Crippen molar-refractivity contribution in [1.29, 1.82) is 5.26 Å². The molecule has 0 spiro atoms. The third-order valence-electron chi connectivity index (χ3n) is 3.90. The van der Waals surface area contributed by atoms with Gasteiger partial charge in [0.2, 0.25) is 0 Å². The van der Waals surface area contributed by atoms with E-state index < -0.39 is 0 Å². The second-order valence-electron chi connectivity index (χ2n) is 5.41. The van der Waals surface area contributed by atoms with Crippen LogP contribution in [-0.4, -0.2) is 20.8 Å². The summed E-state index contributed by atoms with van der Waals surface area (Å²) in [4.78, 5) is 4.53.